The number of alkyl carbamates (subject to hydrolysis) is 1. The molecular weight excluding hydrogens is 330 g/mol. The number of pyridine rings is 1. The summed E-state index contributed by atoms with van der Waals surface area (Å²) in [4.78, 5) is 29.9. The normalized spacial score (nSPS) is 17.4. The Morgan fingerprint density at radius 1 is 1.31 bits per heavy atom. The van der Waals surface area contributed by atoms with Crippen molar-refractivity contribution in [2.75, 3.05) is 13.1 Å². The monoisotopic (exact) mass is 361 g/mol. The first-order valence-electron chi connectivity index (χ1n) is 9.53. The SMILES string of the molecule is CC(C)(C)OC(=O)NCCCCCCN1C(=O)CC[C@H]1c1cccnc1. The zero-order valence-electron chi connectivity index (χ0n) is 16.2. The molecule has 0 spiro atoms. The number of ether oxygens (including phenoxy) is 1. The van der Waals surface area contributed by atoms with Gasteiger partial charge < -0.3 is 15.0 Å². The average molecular weight is 361 g/mol. The van der Waals surface area contributed by atoms with Crippen LogP contribution >= 0.6 is 0 Å². The first-order valence-corrected chi connectivity index (χ1v) is 9.53. The van der Waals surface area contributed by atoms with Gasteiger partial charge >= 0.3 is 6.09 Å². The molecule has 0 radical (unpaired) electrons. The maximum Gasteiger partial charge on any atom is 0.407 e. The van der Waals surface area contributed by atoms with Crippen LogP contribution in [0.5, 0.6) is 0 Å². The molecule has 0 unspecified atom stereocenters. The van der Waals surface area contributed by atoms with E-state index in [2.05, 4.69) is 10.3 Å². The maximum atomic E-state index is 12.2. The fourth-order valence-corrected chi connectivity index (χ4v) is 3.20. The molecule has 1 aliphatic heterocycles. The lowest BCUT2D eigenvalue weighted by Gasteiger charge is -2.25. The van der Waals surface area contributed by atoms with Crippen LogP contribution in [0.4, 0.5) is 4.79 Å². The zero-order chi connectivity index (χ0) is 19.0. The van der Waals surface area contributed by atoms with E-state index in [1.807, 2.05) is 44.0 Å². The highest BCUT2D eigenvalue weighted by atomic mass is 16.6. The minimum atomic E-state index is -0.461. The summed E-state index contributed by atoms with van der Waals surface area (Å²) in [5, 5.41) is 2.77. The molecule has 2 rings (SSSR count). The quantitative estimate of drug-likeness (QED) is 0.714. The molecule has 1 N–H and O–H groups in total. The number of likely N-dealkylation sites (tertiary alicyclic amines) is 1. The van der Waals surface area contributed by atoms with Crippen molar-refractivity contribution in [2.24, 2.45) is 0 Å². The van der Waals surface area contributed by atoms with Gasteiger partial charge in [-0.2, -0.15) is 0 Å². The standard InChI is InChI=1S/C20H31N3O3/c1-20(2,3)26-19(25)22-13-6-4-5-7-14-23-17(10-11-18(23)24)16-9-8-12-21-15-16/h8-9,12,15,17H,4-7,10-11,13-14H2,1-3H3,(H,22,25)/t17-/m0/s1. The molecule has 0 saturated carbocycles. The molecule has 1 aromatic heterocycles. The van der Waals surface area contributed by atoms with E-state index < -0.39 is 5.60 Å². The Kier molecular flexibility index (Phi) is 7.42. The minimum absolute atomic E-state index is 0.171. The lowest BCUT2D eigenvalue weighted by Crippen LogP contribution is -2.33. The Morgan fingerprint density at radius 2 is 2.08 bits per heavy atom. The smallest absolute Gasteiger partial charge is 0.407 e. The first-order chi connectivity index (χ1) is 12.4. The van der Waals surface area contributed by atoms with Crippen LogP contribution in [0.15, 0.2) is 24.5 Å². The Bertz CT molecular complexity index is 584. The Balaban J connectivity index is 1.62. The largest absolute Gasteiger partial charge is 0.444 e. The molecule has 2 amide bonds. The highest BCUT2D eigenvalue weighted by Crippen LogP contribution is 2.32. The Morgan fingerprint density at radius 3 is 2.77 bits per heavy atom. The topological polar surface area (TPSA) is 71.5 Å². The van der Waals surface area contributed by atoms with Gasteiger partial charge in [-0.1, -0.05) is 18.9 Å². The van der Waals surface area contributed by atoms with Crippen molar-refractivity contribution in [2.45, 2.75) is 70.9 Å². The van der Waals surface area contributed by atoms with Crippen molar-refractivity contribution in [3.8, 4) is 0 Å². The van der Waals surface area contributed by atoms with Crippen molar-refractivity contribution in [1.29, 1.82) is 0 Å². The number of nitrogens with zero attached hydrogens (tertiary/aromatic N) is 2. The molecule has 6 heteroatoms. The predicted octanol–water partition coefficient (Wildman–Crippen LogP) is 3.83. The number of hydrogen-bond acceptors (Lipinski definition) is 4. The van der Waals surface area contributed by atoms with Crippen LogP contribution in [-0.4, -0.2) is 40.6 Å². The van der Waals surface area contributed by atoms with Crippen LogP contribution in [0, 0.1) is 0 Å². The van der Waals surface area contributed by atoms with E-state index in [0.717, 1.165) is 44.2 Å². The van der Waals surface area contributed by atoms with Gasteiger partial charge in [-0.25, -0.2) is 4.79 Å². The van der Waals surface area contributed by atoms with Crippen LogP contribution in [-0.2, 0) is 9.53 Å². The summed E-state index contributed by atoms with van der Waals surface area (Å²) in [6.45, 7) is 6.97. The molecule has 26 heavy (non-hydrogen) atoms. The molecule has 6 nitrogen and oxygen atoms in total. The molecule has 1 atom stereocenters. The molecule has 2 heterocycles. The fraction of sp³-hybridized carbons (Fsp3) is 0.650. The third-order valence-corrected chi connectivity index (χ3v) is 4.39. The maximum absolute atomic E-state index is 12.2. The van der Waals surface area contributed by atoms with Gasteiger partial charge in [0.1, 0.15) is 5.60 Å². The van der Waals surface area contributed by atoms with E-state index >= 15 is 0 Å². The van der Waals surface area contributed by atoms with Crippen LogP contribution in [0.2, 0.25) is 0 Å². The highest BCUT2D eigenvalue weighted by molar-refractivity contribution is 5.79. The van der Waals surface area contributed by atoms with Crippen LogP contribution in [0.25, 0.3) is 0 Å². The van der Waals surface area contributed by atoms with E-state index in [0.29, 0.717) is 13.0 Å². The van der Waals surface area contributed by atoms with Crippen molar-refractivity contribution in [1.82, 2.24) is 15.2 Å². The van der Waals surface area contributed by atoms with Gasteiger partial charge in [-0.15, -0.1) is 0 Å². The second kappa shape index (κ2) is 9.55. The van der Waals surface area contributed by atoms with Crippen molar-refractivity contribution >= 4 is 12.0 Å². The molecular formula is C20H31N3O3. The minimum Gasteiger partial charge on any atom is -0.444 e. The van der Waals surface area contributed by atoms with Gasteiger partial charge in [0, 0.05) is 31.9 Å². The fourth-order valence-electron chi connectivity index (χ4n) is 3.20. The van der Waals surface area contributed by atoms with E-state index in [4.69, 9.17) is 4.74 Å². The molecule has 1 aliphatic rings. The number of aromatic nitrogens is 1. The molecule has 144 valence electrons. The summed E-state index contributed by atoms with van der Waals surface area (Å²) in [5.74, 6) is 0.241. The van der Waals surface area contributed by atoms with Crippen LogP contribution < -0.4 is 5.32 Å². The van der Waals surface area contributed by atoms with Gasteiger partial charge in [0.25, 0.3) is 0 Å². The summed E-state index contributed by atoms with van der Waals surface area (Å²) in [7, 11) is 0. The molecule has 1 saturated heterocycles. The zero-order valence-corrected chi connectivity index (χ0v) is 16.2. The molecule has 1 fully saturated rings. The predicted molar refractivity (Wildman–Crippen MR) is 101 cm³/mol. The van der Waals surface area contributed by atoms with Crippen LogP contribution in [0.1, 0.15) is 70.9 Å². The number of carbonyl (C=O) groups excluding carboxylic acids is 2. The van der Waals surface area contributed by atoms with Gasteiger partial charge in [0.05, 0.1) is 6.04 Å². The molecule has 0 aromatic carbocycles. The Hall–Kier alpha value is -2.11. The second-order valence-electron chi connectivity index (χ2n) is 7.77. The van der Waals surface area contributed by atoms with Gasteiger partial charge in [-0.05, 0) is 51.7 Å². The first kappa shape index (κ1) is 20.2. The average Bonchev–Trinajstić information content (AvgIpc) is 2.94. The van der Waals surface area contributed by atoms with E-state index in [-0.39, 0.29) is 18.0 Å². The van der Waals surface area contributed by atoms with E-state index in [1.165, 1.54) is 0 Å². The van der Waals surface area contributed by atoms with E-state index in [1.54, 1.807) is 6.20 Å². The third-order valence-electron chi connectivity index (χ3n) is 4.39. The Labute approximate surface area is 156 Å². The third kappa shape index (κ3) is 6.65. The van der Waals surface area contributed by atoms with Crippen LogP contribution in [0.3, 0.4) is 0 Å². The summed E-state index contributed by atoms with van der Waals surface area (Å²) >= 11 is 0. The second-order valence-corrected chi connectivity index (χ2v) is 7.77. The molecule has 0 aliphatic carbocycles. The summed E-state index contributed by atoms with van der Waals surface area (Å²) in [5.41, 5.74) is 0.664. The van der Waals surface area contributed by atoms with Crippen molar-refractivity contribution < 1.29 is 14.3 Å². The lowest BCUT2D eigenvalue weighted by molar-refractivity contribution is -0.129. The summed E-state index contributed by atoms with van der Waals surface area (Å²) in [6.07, 6.45) is 8.72. The number of unbranched alkanes of at least 4 members (excludes halogenated alkanes) is 3. The van der Waals surface area contributed by atoms with Gasteiger partial charge in [-0.3, -0.25) is 9.78 Å². The highest BCUT2D eigenvalue weighted by Gasteiger charge is 2.31. The van der Waals surface area contributed by atoms with E-state index in [9.17, 15) is 9.59 Å². The number of carbonyl (C=O) groups is 2. The lowest BCUT2D eigenvalue weighted by atomic mass is 10.1. The molecule has 1 aromatic rings. The summed E-state index contributed by atoms with van der Waals surface area (Å²) < 4.78 is 5.20. The van der Waals surface area contributed by atoms with Gasteiger partial charge in [0.15, 0.2) is 0 Å². The number of amides is 2. The van der Waals surface area contributed by atoms with Crippen molar-refractivity contribution in [3.05, 3.63) is 30.1 Å². The number of hydrogen-bond donors (Lipinski definition) is 1. The van der Waals surface area contributed by atoms with Gasteiger partial charge in [0.2, 0.25) is 5.91 Å². The number of rotatable bonds is 8. The van der Waals surface area contributed by atoms with Crippen molar-refractivity contribution in [3.63, 3.8) is 0 Å². The number of nitrogens with one attached hydrogen (secondary N) is 1. The molecule has 0 bridgehead atoms. The summed E-state index contributed by atoms with van der Waals surface area (Å²) in [6, 6.07) is 4.14.